The van der Waals surface area contributed by atoms with Gasteiger partial charge in [0, 0.05) is 19.5 Å². The van der Waals surface area contributed by atoms with Crippen LogP contribution in [0.2, 0.25) is 0 Å². The highest BCUT2D eigenvalue weighted by Gasteiger charge is 2.11. The summed E-state index contributed by atoms with van der Waals surface area (Å²) in [5, 5.41) is 2.63. The number of nitrogens with one attached hydrogen (secondary N) is 2. The Morgan fingerprint density at radius 1 is 1.26 bits per heavy atom. The minimum atomic E-state index is -3.25. The van der Waals surface area contributed by atoms with Gasteiger partial charge in [-0.1, -0.05) is 20.3 Å². The Morgan fingerprint density at radius 2 is 1.95 bits per heavy atom. The smallest absolute Gasteiger partial charge is 0.220 e. The molecule has 0 aromatic rings. The average Bonchev–Trinajstić information content (AvgIpc) is 2.34. The third-order valence-corrected chi connectivity index (χ3v) is 4.46. The Balaban J connectivity index is 3.81. The van der Waals surface area contributed by atoms with Crippen molar-refractivity contribution >= 4 is 15.9 Å². The lowest BCUT2D eigenvalue weighted by atomic mass is 9.96. The van der Waals surface area contributed by atoms with Crippen LogP contribution in [0.15, 0.2) is 0 Å². The lowest BCUT2D eigenvalue weighted by molar-refractivity contribution is -0.121. The van der Waals surface area contributed by atoms with Crippen LogP contribution in [-0.2, 0) is 14.8 Å². The normalized spacial score (nSPS) is 13.2. The van der Waals surface area contributed by atoms with Gasteiger partial charge < -0.3 is 11.1 Å². The molecule has 0 aliphatic carbocycles. The summed E-state index contributed by atoms with van der Waals surface area (Å²) < 4.78 is 25.0. The molecule has 0 aliphatic rings. The summed E-state index contributed by atoms with van der Waals surface area (Å²) in [5.41, 5.74) is 5.49. The average molecular weight is 293 g/mol. The minimum Gasteiger partial charge on any atom is -0.355 e. The summed E-state index contributed by atoms with van der Waals surface area (Å²) in [7, 11) is -3.25. The van der Waals surface area contributed by atoms with E-state index in [0.717, 1.165) is 19.3 Å². The van der Waals surface area contributed by atoms with Crippen LogP contribution in [0.1, 0.15) is 39.5 Å². The van der Waals surface area contributed by atoms with Crippen molar-refractivity contribution in [3.8, 4) is 0 Å². The highest BCUT2D eigenvalue weighted by molar-refractivity contribution is 7.89. The van der Waals surface area contributed by atoms with E-state index in [-0.39, 0.29) is 18.2 Å². The number of nitrogens with two attached hydrogens (primary N) is 1. The highest BCUT2D eigenvalue weighted by atomic mass is 32.2. The first-order valence-electron chi connectivity index (χ1n) is 6.89. The molecule has 0 saturated heterocycles. The molecule has 0 fully saturated rings. The van der Waals surface area contributed by atoms with E-state index in [1.165, 1.54) is 0 Å². The van der Waals surface area contributed by atoms with Crippen molar-refractivity contribution in [3.63, 3.8) is 0 Å². The minimum absolute atomic E-state index is 0.0768. The van der Waals surface area contributed by atoms with Gasteiger partial charge in [0.25, 0.3) is 0 Å². The summed E-state index contributed by atoms with van der Waals surface area (Å²) >= 11 is 0. The Kier molecular flexibility index (Phi) is 9.81. The predicted molar refractivity (Wildman–Crippen MR) is 77.2 cm³/mol. The van der Waals surface area contributed by atoms with E-state index in [4.69, 9.17) is 5.73 Å². The lowest BCUT2D eigenvalue weighted by Gasteiger charge is -2.13. The van der Waals surface area contributed by atoms with Gasteiger partial charge in [-0.2, -0.15) is 0 Å². The quantitative estimate of drug-likeness (QED) is 0.506. The third-order valence-electron chi connectivity index (χ3n) is 2.99. The van der Waals surface area contributed by atoms with Gasteiger partial charge in [0.05, 0.1) is 5.75 Å². The van der Waals surface area contributed by atoms with E-state index in [0.29, 0.717) is 25.4 Å². The van der Waals surface area contributed by atoms with Crippen molar-refractivity contribution in [2.24, 2.45) is 11.7 Å². The van der Waals surface area contributed by atoms with Gasteiger partial charge in [-0.15, -0.1) is 0 Å². The van der Waals surface area contributed by atoms with Gasteiger partial charge in [0.2, 0.25) is 15.9 Å². The maximum Gasteiger partial charge on any atom is 0.220 e. The largest absolute Gasteiger partial charge is 0.355 e. The number of sulfonamides is 1. The number of hydrogen-bond acceptors (Lipinski definition) is 4. The first-order valence-corrected chi connectivity index (χ1v) is 8.54. The van der Waals surface area contributed by atoms with Crippen LogP contribution in [0, 0.1) is 5.92 Å². The maximum atomic E-state index is 11.6. The molecular weight excluding hydrogens is 266 g/mol. The van der Waals surface area contributed by atoms with Gasteiger partial charge >= 0.3 is 0 Å². The molecule has 0 bridgehead atoms. The molecule has 0 rings (SSSR count). The van der Waals surface area contributed by atoms with Crippen molar-refractivity contribution in [1.82, 2.24) is 10.0 Å². The van der Waals surface area contributed by atoms with Gasteiger partial charge in [0.15, 0.2) is 0 Å². The van der Waals surface area contributed by atoms with Crippen molar-refractivity contribution < 1.29 is 13.2 Å². The van der Waals surface area contributed by atoms with Gasteiger partial charge in [-0.05, 0) is 25.3 Å². The fraction of sp³-hybridized carbons (Fsp3) is 0.917. The molecule has 0 radical (unpaired) electrons. The summed E-state index contributed by atoms with van der Waals surface area (Å²) in [5.74, 6) is 0.301. The Morgan fingerprint density at radius 3 is 2.47 bits per heavy atom. The zero-order valence-electron chi connectivity index (χ0n) is 11.9. The number of rotatable bonds is 11. The van der Waals surface area contributed by atoms with Gasteiger partial charge in [-0.25, -0.2) is 13.1 Å². The second-order valence-corrected chi connectivity index (χ2v) is 6.48. The SMILES string of the molecule is CCNS(=O)(=O)CCNC(=O)CCC(CC)CCN. The number of carbonyl (C=O) groups is 1. The summed E-state index contributed by atoms with van der Waals surface area (Å²) in [6.07, 6.45) is 3.18. The molecule has 19 heavy (non-hydrogen) atoms. The molecule has 1 atom stereocenters. The molecule has 114 valence electrons. The van der Waals surface area contributed by atoms with E-state index in [9.17, 15) is 13.2 Å². The van der Waals surface area contributed by atoms with E-state index in [1.54, 1.807) is 6.92 Å². The fourth-order valence-corrected chi connectivity index (χ4v) is 2.78. The molecular formula is C12H27N3O3S. The van der Waals surface area contributed by atoms with Crippen LogP contribution in [-0.4, -0.2) is 39.7 Å². The molecule has 6 nitrogen and oxygen atoms in total. The Labute approximate surface area is 116 Å². The summed E-state index contributed by atoms with van der Waals surface area (Å²) in [6.45, 7) is 4.97. The fourth-order valence-electron chi connectivity index (χ4n) is 1.83. The van der Waals surface area contributed by atoms with Crippen molar-refractivity contribution in [2.75, 3.05) is 25.4 Å². The molecule has 1 unspecified atom stereocenters. The monoisotopic (exact) mass is 293 g/mol. The molecule has 0 aliphatic heterocycles. The summed E-state index contributed by atoms with van der Waals surface area (Å²) in [4.78, 5) is 11.6. The van der Waals surface area contributed by atoms with Crippen LogP contribution < -0.4 is 15.8 Å². The molecule has 0 heterocycles. The second-order valence-electron chi connectivity index (χ2n) is 4.56. The van der Waals surface area contributed by atoms with Crippen LogP contribution in [0.25, 0.3) is 0 Å². The zero-order valence-corrected chi connectivity index (χ0v) is 12.8. The molecule has 1 amide bonds. The predicted octanol–water partition coefficient (Wildman–Crippen LogP) is 0.197. The van der Waals surface area contributed by atoms with Crippen LogP contribution in [0.3, 0.4) is 0 Å². The third kappa shape index (κ3) is 9.86. The van der Waals surface area contributed by atoms with Gasteiger partial charge in [-0.3, -0.25) is 4.79 Å². The maximum absolute atomic E-state index is 11.6. The summed E-state index contributed by atoms with van der Waals surface area (Å²) in [6, 6.07) is 0. The van der Waals surface area contributed by atoms with Crippen LogP contribution >= 0.6 is 0 Å². The topological polar surface area (TPSA) is 101 Å². The van der Waals surface area contributed by atoms with E-state index < -0.39 is 10.0 Å². The first-order chi connectivity index (χ1) is 8.95. The zero-order chi connectivity index (χ0) is 14.7. The van der Waals surface area contributed by atoms with Crippen molar-refractivity contribution in [3.05, 3.63) is 0 Å². The highest BCUT2D eigenvalue weighted by Crippen LogP contribution is 2.14. The molecule has 7 heteroatoms. The van der Waals surface area contributed by atoms with E-state index in [1.807, 2.05) is 0 Å². The molecule has 0 spiro atoms. The first kappa shape index (κ1) is 18.3. The van der Waals surface area contributed by atoms with Gasteiger partial charge in [0.1, 0.15) is 0 Å². The van der Waals surface area contributed by atoms with E-state index in [2.05, 4.69) is 17.0 Å². The number of amides is 1. The molecule has 0 saturated carbocycles. The Hall–Kier alpha value is -0.660. The Bertz CT molecular complexity index is 344. The molecule has 4 N–H and O–H groups in total. The molecule has 0 aromatic carbocycles. The standard InChI is InChI=1S/C12H27N3O3S/c1-3-11(7-8-13)5-6-12(16)14-9-10-19(17,18)15-4-2/h11,15H,3-10,13H2,1-2H3,(H,14,16). The van der Waals surface area contributed by atoms with Crippen LogP contribution in [0.5, 0.6) is 0 Å². The lowest BCUT2D eigenvalue weighted by Crippen LogP contribution is -2.34. The van der Waals surface area contributed by atoms with E-state index >= 15 is 0 Å². The second kappa shape index (κ2) is 10.2. The number of carbonyl (C=O) groups excluding carboxylic acids is 1. The van der Waals surface area contributed by atoms with Crippen molar-refractivity contribution in [2.45, 2.75) is 39.5 Å². The molecule has 0 aromatic heterocycles. The van der Waals surface area contributed by atoms with Crippen molar-refractivity contribution in [1.29, 1.82) is 0 Å². The van der Waals surface area contributed by atoms with Crippen LogP contribution in [0.4, 0.5) is 0 Å². The number of hydrogen-bond donors (Lipinski definition) is 3.